The summed E-state index contributed by atoms with van der Waals surface area (Å²) in [6.45, 7) is 31.7. The van der Waals surface area contributed by atoms with E-state index in [1.54, 1.807) is 6.07 Å². The molecule has 0 spiro atoms. The quantitative estimate of drug-likeness (QED) is 0.290. The summed E-state index contributed by atoms with van der Waals surface area (Å²) in [7, 11) is 0. The molecule has 0 atom stereocenters. The van der Waals surface area contributed by atoms with Crippen molar-refractivity contribution in [3.8, 4) is 17.2 Å². The molecular formula is C38H57FO3. The minimum absolute atomic E-state index is 0.0157. The van der Waals surface area contributed by atoms with Crippen LogP contribution in [0.15, 0.2) is 54.6 Å². The summed E-state index contributed by atoms with van der Waals surface area (Å²) in [5.74, 6) is 2.46. The zero-order chi connectivity index (χ0) is 32.3. The lowest BCUT2D eigenvalue weighted by Gasteiger charge is -2.22. The summed E-state index contributed by atoms with van der Waals surface area (Å²) < 4.78 is 29.7. The van der Waals surface area contributed by atoms with Gasteiger partial charge in [-0.25, -0.2) is 4.39 Å². The monoisotopic (exact) mass is 580 g/mol. The van der Waals surface area contributed by atoms with Gasteiger partial charge in [0.2, 0.25) is 0 Å². The zero-order valence-electron chi connectivity index (χ0n) is 28.9. The largest absolute Gasteiger partial charge is 0.494 e. The van der Waals surface area contributed by atoms with Gasteiger partial charge >= 0.3 is 0 Å². The van der Waals surface area contributed by atoms with Crippen molar-refractivity contribution in [2.24, 2.45) is 0 Å². The summed E-state index contributed by atoms with van der Waals surface area (Å²) in [5, 5.41) is 0. The maximum Gasteiger partial charge on any atom is 0.126 e. The van der Waals surface area contributed by atoms with Crippen LogP contribution in [0.3, 0.4) is 0 Å². The first-order valence-electron chi connectivity index (χ1n) is 15.3. The van der Waals surface area contributed by atoms with Crippen LogP contribution in [0.2, 0.25) is 0 Å². The Morgan fingerprint density at radius 1 is 0.476 bits per heavy atom. The Hall–Kier alpha value is -3.01. The fourth-order valence-corrected chi connectivity index (χ4v) is 4.44. The third kappa shape index (κ3) is 12.1. The maximum atomic E-state index is 13.0. The normalized spacial score (nSPS) is 11.5. The van der Waals surface area contributed by atoms with E-state index in [1.165, 1.54) is 34.4 Å². The van der Waals surface area contributed by atoms with Crippen LogP contribution in [0.25, 0.3) is 0 Å². The summed E-state index contributed by atoms with van der Waals surface area (Å²) in [6, 6.07) is 17.6. The van der Waals surface area contributed by atoms with E-state index in [0.29, 0.717) is 12.4 Å². The van der Waals surface area contributed by atoms with Crippen LogP contribution in [0.4, 0.5) is 4.39 Å². The molecule has 0 fully saturated rings. The van der Waals surface area contributed by atoms with Gasteiger partial charge in [0.25, 0.3) is 0 Å². The molecule has 0 N–H and O–H groups in total. The fourth-order valence-electron chi connectivity index (χ4n) is 4.44. The van der Waals surface area contributed by atoms with Crippen molar-refractivity contribution >= 4 is 0 Å². The van der Waals surface area contributed by atoms with Crippen LogP contribution in [-0.2, 0) is 16.2 Å². The van der Waals surface area contributed by atoms with Crippen molar-refractivity contribution in [3.63, 3.8) is 0 Å². The van der Waals surface area contributed by atoms with Crippen molar-refractivity contribution in [2.45, 2.75) is 113 Å². The second-order valence-electron chi connectivity index (χ2n) is 13.7. The molecule has 0 saturated heterocycles. The molecule has 0 amide bonds. The van der Waals surface area contributed by atoms with Crippen molar-refractivity contribution in [1.82, 2.24) is 0 Å². The average Bonchev–Trinajstić information content (AvgIpc) is 2.83. The molecule has 0 bridgehead atoms. The zero-order valence-corrected chi connectivity index (χ0v) is 28.9. The van der Waals surface area contributed by atoms with E-state index in [4.69, 9.17) is 14.2 Å². The molecule has 0 unspecified atom stereocenters. The highest BCUT2D eigenvalue weighted by atomic mass is 19.1. The number of hydrogen-bond donors (Lipinski definition) is 0. The van der Waals surface area contributed by atoms with Crippen LogP contribution in [-0.4, -0.2) is 19.8 Å². The summed E-state index contributed by atoms with van der Waals surface area (Å²) in [5.41, 5.74) is 6.40. The van der Waals surface area contributed by atoms with Gasteiger partial charge < -0.3 is 14.2 Å². The Bertz CT molecular complexity index is 1080. The van der Waals surface area contributed by atoms with Gasteiger partial charge in [0.05, 0.1) is 19.8 Å². The third-order valence-corrected chi connectivity index (χ3v) is 6.54. The van der Waals surface area contributed by atoms with Crippen LogP contribution in [0.1, 0.15) is 111 Å². The summed E-state index contributed by atoms with van der Waals surface area (Å²) in [6.07, 6.45) is 0. The first kappa shape index (κ1) is 37.0. The molecule has 0 aliphatic carbocycles. The SMILES string of the molecule is CCOc1cc(C)ccc1C(C)(C)C.CCOc1cc(C)ccc1C(C)(C)C.CCOc1cc(F)ccc1C(C)(C)C. The van der Waals surface area contributed by atoms with Crippen molar-refractivity contribution in [3.05, 3.63) is 88.2 Å². The van der Waals surface area contributed by atoms with E-state index in [2.05, 4.69) is 113 Å². The third-order valence-electron chi connectivity index (χ3n) is 6.54. The van der Waals surface area contributed by atoms with Crippen molar-refractivity contribution in [1.29, 1.82) is 0 Å². The molecule has 0 aliphatic rings. The molecule has 234 valence electrons. The van der Waals surface area contributed by atoms with Gasteiger partial charge in [-0.1, -0.05) is 92.6 Å². The molecule has 3 aromatic rings. The molecule has 0 radical (unpaired) electrons. The molecule has 4 heteroatoms. The van der Waals surface area contributed by atoms with Gasteiger partial charge in [-0.2, -0.15) is 0 Å². The molecular weight excluding hydrogens is 523 g/mol. The standard InChI is InChI=1S/2C13H20O.C12H17FO/c2*1-6-14-12-9-10(2)7-8-11(12)13(3,4)5;1-5-14-11-8-9(13)6-7-10(11)12(2,3)4/h2*7-9H,6H2,1-5H3;6-8H,5H2,1-4H3. The van der Waals surface area contributed by atoms with Gasteiger partial charge in [0.1, 0.15) is 23.1 Å². The number of ether oxygens (including phenoxy) is 3. The highest BCUT2D eigenvalue weighted by Crippen LogP contribution is 2.33. The minimum Gasteiger partial charge on any atom is -0.494 e. The van der Waals surface area contributed by atoms with Gasteiger partial charge in [-0.3, -0.25) is 0 Å². The molecule has 0 saturated carbocycles. The number of halogens is 1. The second-order valence-corrected chi connectivity index (χ2v) is 13.7. The maximum absolute atomic E-state index is 13.0. The van der Waals surface area contributed by atoms with E-state index in [9.17, 15) is 4.39 Å². The second kappa shape index (κ2) is 16.0. The van der Waals surface area contributed by atoms with Gasteiger partial charge in [0.15, 0.2) is 0 Å². The Kier molecular flexibility index (Phi) is 14.1. The molecule has 0 heterocycles. The van der Waals surface area contributed by atoms with E-state index >= 15 is 0 Å². The molecule has 0 aliphatic heterocycles. The highest BCUT2D eigenvalue weighted by Gasteiger charge is 2.20. The lowest BCUT2D eigenvalue weighted by atomic mass is 9.86. The van der Waals surface area contributed by atoms with E-state index in [-0.39, 0.29) is 22.1 Å². The summed E-state index contributed by atoms with van der Waals surface area (Å²) >= 11 is 0. The number of rotatable bonds is 6. The summed E-state index contributed by atoms with van der Waals surface area (Å²) in [4.78, 5) is 0. The van der Waals surface area contributed by atoms with Crippen molar-refractivity contribution in [2.75, 3.05) is 19.8 Å². The molecule has 3 aromatic carbocycles. The fraction of sp³-hybridized carbons (Fsp3) is 0.526. The predicted molar refractivity (Wildman–Crippen MR) is 178 cm³/mol. The molecule has 42 heavy (non-hydrogen) atoms. The van der Waals surface area contributed by atoms with Crippen LogP contribution in [0.5, 0.6) is 17.2 Å². The lowest BCUT2D eigenvalue weighted by molar-refractivity contribution is 0.327. The first-order chi connectivity index (χ1) is 19.3. The minimum atomic E-state index is -0.249. The Morgan fingerprint density at radius 3 is 1.05 bits per heavy atom. The first-order valence-corrected chi connectivity index (χ1v) is 15.3. The van der Waals surface area contributed by atoms with E-state index in [0.717, 1.165) is 30.3 Å². The number of aryl methyl sites for hydroxylation is 2. The number of benzene rings is 3. The van der Waals surface area contributed by atoms with Gasteiger partial charge in [-0.05, 0) is 96.9 Å². The average molecular weight is 581 g/mol. The Morgan fingerprint density at radius 2 is 0.762 bits per heavy atom. The Balaban J connectivity index is 0.000000315. The molecule has 0 aromatic heterocycles. The smallest absolute Gasteiger partial charge is 0.126 e. The molecule has 3 nitrogen and oxygen atoms in total. The Labute approximate surface area is 256 Å². The van der Waals surface area contributed by atoms with Gasteiger partial charge in [-0.15, -0.1) is 0 Å². The number of hydrogen-bond acceptors (Lipinski definition) is 3. The van der Waals surface area contributed by atoms with Gasteiger partial charge in [0, 0.05) is 6.07 Å². The highest BCUT2D eigenvalue weighted by molar-refractivity contribution is 5.42. The lowest BCUT2D eigenvalue weighted by Crippen LogP contribution is -2.13. The topological polar surface area (TPSA) is 27.7 Å². The predicted octanol–water partition coefficient (Wildman–Crippen LogP) is 10.9. The van der Waals surface area contributed by atoms with Crippen molar-refractivity contribution < 1.29 is 18.6 Å². The van der Waals surface area contributed by atoms with Crippen LogP contribution in [0, 0.1) is 19.7 Å². The van der Waals surface area contributed by atoms with Crippen LogP contribution < -0.4 is 14.2 Å². The van der Waals surface area contributed by atoms with E-state index < -0.39 is 0 Å². The van der Waals surface area contributed by atoms with E-state index in [1.807, 2.05) is 20.8 Å². The van der Waals surface area contributed by atoms with Crippen LogP contribution >= 0.6 is 0 Å². The molecule has 3 rings (SSSR count).